The Hall–Kier alpha value is -1.60. The molecule has 0 N–H and O–H groups in total. The van der Waals surface area contributed by atoms with Gasteiger partial charge < -0.3 is 9.64 Å². The summed E-state index contributed by atoms with van der Waals surface area (Å²) in [6, 6.07) is 3.56. The summed E-state index contributed by atoms with van der Waals surface area (Å²) in [6.45, 7) is 5.34. The van der Waals surface area contributed by atoms with Crippen LogP contribution in [-0.4, -0.2) is 63.1 Å². The molecule has 1 amide bonds. The minimum Gasteiger partial charge on any atom is -0.496 e. The number of amides is 1. The van der Waals surface area contributed by atoms with Gasteiger partial charge in [-0.2, -0.15) is 4.31 Å². The molecule has 0 radical (unpaired) electrons. The number of piperazine rings is 1. The second-order valence-electron chi connectivity index (χ2n) is 5.52. The van der Waals surface area contributed by atoms with Crippen molar-refractivity contribution in [2.45, 2.75) is 13.8 Å². The van der Waals surface area contributed by atoms with E-state index >= 15 is 0 Å². The van der Waals surface area contributed by atoms with Gasteiger partial charge in [0.15, 0.2) is 0 Å². The molecule has 0 spiro atoms. The van der Waals surface area contributed by atoms with Crippen LogP contribution in [0.3, 0.4) is 0 Å². The number of benzene rings is 1. The highest BCUT2D eigenvalue weighted by Gasteiger charge is 2.27. The summed E-state index contributed by atoms with van der Waals surface area (Å²) in [5.41, 5.74) is 2.49. The number of hydrogen-bond acceptors (Lipinski definition) is 4. The summed E-state index contributed by atoms with van der Waals surface area (Å²) in [5.74, 6) is 0.701. The largest absolute Gasteiger partial charge is 0.496 e. The summed E-state index contributed by atoms with van der Waals surface area (Å²) in [4.78, 5) is 14.4. The quantitative estimate of drug-likeness (QED) is 0.832. The van der Waals surface area contributed by atoms with Crippen LogP contribution in [0.1, 0.15) is 21.5 Å². The molecular formula is C15H22N2O4S. The van der Waals surface area contributed by atoms with Gasteiger partial charge in [0.2, 0.25) is 10.0 Å². The van der Waals surface area contributed by atoms with Crippen molar-refractivity contribution in [1.82, 2.24) is 9.21 Å². The fourth-order valence-electron chi connectivity index (χ4n) is 2.64. The maximum Gasteiger partial charge on any atom is 0.254 e. The van der Waals surface area contributed by atoms with Crippen molar-refractivity contribution in [1.29, 1.82) is 0 Å². The second kappa shape index (κ2) is 6.26. The van der Waals surface area contributed by atoms with Gasteiger partial charge in [-0.05, 0) is 37.1 Å². The monoisotopic (exact) mass is 326 g/mol. The maximum absolute atomic E-state index is 12.6. The van der Waals surface area contributed by atoms with Crippen molar-refractivity contribution in [2.75, 3.05) is 39.5 Å². The standard InChI is InChI=1S/C15H22N2O4S/c1-11-12(2)14(21-3)6-5-13(11)15(18)16-7-9-17(10-8-16)22(4,19)20/h5-6H,7-10H2,1-4H3. The molecule has 1 aromatic carbocycles. The van der Waals surface area contributed by atoms with Crippen LogP contribution in [0.5, 0.6) is 5.75 Å². The molecule has 2 rings (SSSR count). The lowest BCUT2D eigenvalue weighted by molar-refractivity contribution is 0.0697. The number of methoxy groups -OCH3 is 1. The number of carbonyl (C=O) groups excluding carboxylic acids is 1. The van der Waals surface area contributed by atoms with Gasteiger partial charge in [-0.25, -0.2) is 8.42 Å². The molecule has 6 nitrogen and oxygen atoms in total. The van der Waals surface area contributed by atoms with E-state index in [1.165, 1.54) is 10.6 Å². The van der Waals surface area contributed by atoms with Crippen molar-refractivity contribution in [2.24, 2.45) is 0 Å². The van der Waals surface area contributed by atoms with Crippen molar-refractivity contribution in [3.8, 4) is 5.75 Å². The van der Waals surface area contributed by atoms with Gasteiger partial charge in [0.05, 0.1) is 13.4 Å². The zero-order valence-electron chi connectivity index (χ0n) is 13.4. The molecule has 22 heavy (non-hydrogen) atoms. The van der Waals surface area contributed by atoms with E-state index in [-0.39, 0.29) is 5.91 Å². The first-order valence-corrected chi connectivity index (χ1v) is 8.99. The predicted octanol–water partition coefficient (Wildman–Crippen LogP) is 1.03. The molecule has 0 bridgehead atoms. The van der Waals surface area contributed by atoms with Gasteiger partial charge in [0.1, 0.15) is 5.75 Å². The molecule has 0 atom stereocenters. The molecule has 122 valence electrons. The zero-order chi connectivity index (χ0) is 16.5. The minimum atomic E-state index is -3.18. The lowest BCUT2D eigenvalue weighted by Gasteiger charge is -2.33. The molecule has 0 aromatic heterocycles. The van der Waals surface area contributed by atoms with Crippen LogP contribution in [0.4, 0.5) is 0 Å². The fourth-order valence-corrected chi connectivity index (χ4v) is 3.47. The Labute approximate surface area is 131 Å². The molecular weight excluding hydrogens is 304 g/mol. The topological polar surface area (TPSA) is 66.9 Å². The van der Waals surface area contributed by atoms with Crippen molar-refractivity contribution < 1.29 is 17.9 Å². The molecule has 0 unspecified atom stereocenters. The Kier molecular flexibility index (Phi) is 4.77. The molecule has 0 saturated carbocycles. The average Bonchev–Trinajstić information content (AvgIpc) is 2.48. The van der Waals surface area contributed by atoms with E-state index < -0.39 is 10.0 Å². The fraction of sp³-hybridized carbons (Fsp3) is 0.533. The van der Waals surface area contributed by atoms with Crippen molar-refractivity contribution >= 4 is 15.9 Å². The minimum absolute atomic E-state index is 0.0589. The number of ether oxygens (including phenoxy) is 1. The first-order chi connectivity index (χ1) is 10.3. The Bertz CT molecular complexity index is 677. The highest BCUT2D eigenvalue weighted by atomic mass is 32.2. The molecule has 1 aliphatic rings. The number of nitrogens with zero attached hydrogens (tertiary/aromatic N) is 2. The maximum atomic E-state index is 12.6. The van der Waals surface area contributed by atoms with Gasteiger partial charge in [0.25, 0.3) is 5.91 Å². The smallest absolute Gasteiger partial charge is 0.254 e. The lowest BCUT2D eigenvalue weighted by Crippen LogP contribution is -2.50. The third kappa shape index (κ3) is 3.25. The summed E-state index contributed by atoms with van der Waals surface area (Å²) >= 11 is 0. The summed E-state index contributed by atoms with van der Waals surface area (Å²) < 4.78 is 29.7. The second-order valence-corrected chi connectivity index (χ2v) is 7.50. The Morgan fingerprint density at radius 3 is 2.18 bits per heavy atom. The van der Waals surface area contributed by atoms with Crippen LogP contribution in [0.15, 0.2) is 12.1 Å². The van der Waals surface area contributed by atoms with Gasteiger partial charge in [-0.3, -0.25) is 4.79 Å². The molecule has 1 saturated heterocycles. The van der Waals surface area contributed by atoms with Crippen LogP contribution in [0.2, 0.25) is 0 Å². The van der Waals surface area contributed by atoms with Crippen molar-refractivity contribution in [3.05, 3.63) is 28.8 Å². The summed E-state index contributed by atoms with van der Waals surface area (Å²) in [6.07, 6.45) is 1.20. The number of sulfonamides is 1. The van der Waals surface area contributed by atoms with E-state index in [4.69, 9.17) is 4.74 Å². The average molecular weight is 326 g/mol. The van der Waals surface area contributed by atoms with Crippen molar-refractivity contribution in [3.63, 3.8) is 0 Å². The van der Waals surface area contributed by atoms with E-state index in [2.05, 4.69) is 0 Å². The first-order valence-electron chi connectivity index (χ1n) is 7.14. The number of rotatable bonds is 3. The highest BCUT2D eigenvalue weighted by molar-refractivity contribution is 7.88. The normalized spacial score (nSPS) is 16.6. The predicted molar refractivity (Wildman–Crippen MR) is 84.8 cm³/mol. The zero-order valence-corrected chi connectivity index (χ0v) is 14.2. The van der Waals surface area contributed by atoms with E-state index in [9.17, 15) is 13.2 Å². The van der Waals surface area contributed by atoms with E-state index in [1.54, 1.807) is 24.1 Å². The summed E-state index contributed by atoms with van der Waals surface area (Å²) in [5, 5.41) is 0. The molecule has 1 aromatic rings. The van der Waals surface area contributed by atoms with Gasteiger partial charge in [0, 0.05) is 31.7 Å². The van der Waals surface area contributed by atoms with Gasteiger partial charge in [-0.1, -0.05) is 0 Å². The molecule has 7 heteroatoms. The molecule has 1 heterocycles. The Morgan fingerprint density at radius 1 is 1.09 bits per heavy atom. The molecule has 1 fully saturated rings. The van der Waals surface area contributed by atoms with Gasteiger partial charge >= 0.3 is 0 Å². The van der Waals surface area contributed by atoms with Crippen LogP contribution in [0.25, 0.3) is 0 Å². The third-order valence-corrected chi connectivity index (χ3v) is 5.49. The Morgan fingerprint density at radius 2 is 1.68 bits per heavy atom. The summed E-state index contributed by atoms with van der Waals surface area (Å²) in [7, 11) is -1.58. The Balaban J connectivity index is 2.16. The molecule has 0 aliphatic carbocycles. The highest BCUT2D eigenvalue weighted by Crippen LogP contribution is 2.25. The van der Waals surface area contributed by atoms with Gasteiger partial charge in [-0.15, -0.1) is 0 Å². The number of carbonyl (C=O) groups is 1. The van der Waals surface area contributed by atoms with E-state index in [0.29, 0.717) is 31.7 Å². The van der Waals surface area contributed by atoms with E-state index in [1.807, 2.05) is 13.8 Å². The third-order valence-electron chi connectivity index (χ3n) is 4.18. The molecule has 1 aliphatic heterocycles. The van der Waals surface area contributed by atoms with Crippen LogP contribution in [0, 0.1) is 13.8 Å². The van der Waals surface area contributed by atoms with Crippen LogP contribution >= 0.6 is 0 Å². The van der Waals surface area contributed by atoms with E-state index in [0.717, 1.165) is 16.9 Å². The number of hydrogen-bond donors (Lipinski definition) is 0. The SMILES string of the molecule is COc1ccc(C(=O)N2CCN(S(C)(=O)=O)CC2)c(C)c1C. The first kappa shape index (κ1) is 16.8. The lowest BCUT2D eigenvalue weighted by atomic mass is 10.0. The van der Waals surface area contributed by atoms with Crippen LogP contribution < -0.4 is 4.74 Å². The van der Waals surface area contributed by atoms with Crippen LogP contribution in [-0.2, 0) is 10.0 Å².